The maximum absolute atomic E-state index is 5.43. The van der Waals surface area contributed by atoms with Crippen LogP contribution >= 0.6 is 0 Å². The third-order valence-corrected chi connectivity index (χ3v) is 3.72. The molecule has 20 heavy (non-hydrogen) atoms. The summed E-state index contributed by atoms with van der Waals surface area (Å²) in [5.74, 6) is 0. The van der Waals surface area contributed by atoms with Gasteiger partial charge < -0.3 is 9.64 Å². The summed E-state index contributed by atoms with van der Waals surface area (Å²) < 4.78 is 7.11. The zero-order valence-electron chi connectivity index (χ0n) is 12.1. The highest BCUT2D eigenvalue weighted by Gasteiger charge is 2.29. The molecule has 1 aromatic heterocycles. The van der Waals surface area contributed by atoms with Gasteiger partial charge in [-0.25, -0.2) is 4.68 Å². The van der Waals surface area contributed by atoms with Gasteiger partial charge in [-0.1, -0.05) is 13.8 Å². The first-order valence-corrected chi connectivity index (χ1v) is 7.08. The van der Waals surface area contributed by atoms with Crippen molar-refractivity contribution in [2.24, 2.45) is 10.5 Å². The summed E-state index contributed by atoms with van der Waals surface area (Å²) in [6.45, 7) is 8.17. The standard InChI is InChI=1S/C14H21N5O/c1-14(2)8-12(17-19-10-15-16-11-19)7-13(9-14)18-3-5-20-6-4-18/h7,10-11H,3-6,8-9H2,1-2H3. The second kappa shape index (κ2) is 5.36. The summed E-state index contributed by atoms with van der Waals surface area (Å²) in [5, 5.41) is 12.2. The van der Waals surface area contributed by atoms with Gasteiger partial charge in [0.05, 0.1) is 18.9 Å². The van der Waals surface area contributed by atoms with Crippen LogP contribution in [0.15, 0.2) is 29.5 Å². The predicted octanol–water partition coefficient (Wildman–Crippen LogP) is 1.52. The van der Waals surface area contributed by atoms with E-state index in [1.165, 1.54) is 5.70 Å². The van der Waals surface area contributed by atoms with Gasteiger partial charge in [-0.15, -0.1) is 10.2 Å². The second-order valence-electron chi connectivity index (χ2n) is 6.19. The molecule has 0 saturated carbocycles. The van der Waals surface area contributed by atoms with Crippen LogP contribution in [0.25, 0.3) is 0 Å². The normalized spacial score (nSPS) is 24.8. The van der Waals surface area contributed by atoms with Crippen LogP contribution < -0.4 is 0 Å². The molecular formula is C14H21N5O. The zero-order chi connectivity index (χ0) is 14.0. The van der Waals surface area contributed by atoms with E-state index in [0.29, 0.717) is 0 Å². The average Bonchev–Trinajstić information content (AvgIpc) is 2.91. The first kappa shape index (κ1) is 13.3. The molecule has 2 aliphatic rings. The molecule has 0 spiro atoms. The molecule has 1 fully saturated rings. The third-order valence-electron chi connectivity index (χ3n) is 3.72. The summed E-state index contributed by atoms with van der Waals surface area (Å²) in [4.78, 5) is 2.42. The molecule has 0 amide bonds. The molecule has 0 aromatic carbocycles. The molecule has 0 bridgehead atoms. The Bertz CT molecular complexity index is 512. The molecule has 6 heteroatoms. The topological polar surface area (TPSA) is 55.5 Å². The molecule has 1 aliphatic carbocycles. The fourth-order valence-corrected chi connectivity index (χ4v) is 2.85. The average molecular weight is 275 g/mol. The van der Waals surface area contributed by atoms with Gasteiger partial charge in [0.1, 0.15) is 12.7 Å². The summed E-state index contributed by atoms with van der Waals surface area (Å²) in [5.41, 5.74) is 2.69. The molecule has 3 rings (SSSR count). The summed E-state index contributed by atoms with van der Waals surface area (Å²) in [7, 11) is 0. The van der Waals surface area contributed by atoms with E-state index in [-0.39, 0.29) is 5.41 Å². The van der Waals surface area contributed by atoms with Gasteiger partial charge in [-0.05, 0) is 24.3 Å². The SMILES string of the molecule is CC1(C)CC(N2CCOCC2)=CC(=Nn2cnnc2)C1. The van der Waals surface area contributed by atoms with Crippen molar-refractivity contribution in [3.63, 3.8) is 0 Å². The zero-order valence-corrected chi connectivity index (χ0v) is 12.1. The highest BCUT2D eigenvalue weighted by atomic mass is 16.5. The number of aromatic nitrogens is 3. The third kappa shape index (κ3) is 3.07. The minimum atomic E-state index is 0.231. The van der Waals surface area contributed by atoms with Crippen LogP contribution in [0.2, 0.25) is 0 Å². The minimum absolute atomic E-state index is 0.231. The van der Waals surface area contributed by atoms with E-state index in [2.05, 4.69) is 40.1 Å². The van der Waals surface area contributed by atoms with Crippen molar-refractivity contribution in [3.05, 3.63) is 24.4 Å². The van der Waals surface area contributed by atoms with E-state index in [1.807, 2.05) is 0 Å². The number of allylic oxidation sites excluding steroid dienone is 2. The number of rotatable bonds is 2. The fraction of sp³-hybridized carbons (Fsp3) is 0.643. The molecule has 0 unspecified atom stereocenters. The Hall–Kier alpha value is -1.69. The Morgan fingerprint density at radius 3 is 2.55 bits per heavy atom. The molecule has 0 atom stereocenters. The van der Waals surface area contributed by atoms with Crippen LogP contribution in [0.1, 0.15) is 26.7 Å². The minimum Gasteiger partial charge on any atom is -0.378 e. The lowest BCUT2D eigenvalue weighted by molar-refractivity contribution is 0.0491. The van der Waals surface area contributed by atoms with Gasteiger partial charge in [0, 0.05) is 18.8 Å². The number of morpholine rings is 1. The molecule has 6 nitrogen and oxygen atoms in total. The number of nitrogens with zero attached hydrogens (tertiary/aromatic N) is 5. The number of hydrogen-bond donors (Lipinski definition) is 0. The van der Waals surface area contributed by atoms with Gasteiger partial charge >= 0.3 is 0 Å². The van der Waals surface area contributed by atoms with Crippen molar-refractivity contribution < 1.29 is 4.74 Å². The largest absolute Gasteiger partial charge is 0.378 e. The molecule has 0 radical (unpaired) electrons. The predicted molar refractivity (Wildman–Crippen MR) is 76.3 cm³/mol. The highest BCUT2D eigenvalue weighted by Crippen LogP contribution is 2.35. The first-order valence-electron chi connectivity index (χ1n) is 7.08. The first-order chi connectivity index (χ1) is 9.62. The Morgan fingerprint density at radius 2 is 1.85 bits per heavy atom. The lowest BCUT2D eigenvalue weighted by Gasteiger charge is -2.38. The van der Waals surface area contributed by atoms with Gasteiger partial charge in [0.15, 0.2) is 0 Å². The van der Waals surface area contributed by atoms with Crippen molar-refractivity contribution in [2.75, 3.05) is 26.3 Å². The van der Waals surface area contributed by atoms with Crippen LogP contribution in [0.3, 0.4) is 0 Å². The van der Waals surface area contributed by atoms with E-state index < -0.39 is 0 Å². The van der Waals surface area contributed by atoms with Gasteiger partial charge in [0.25, 0.3) is 0 Å². The lowest BCUT2D eigenvalue weighted by atomic mass is 9.78. The molecule has 108 valence electrons. The maximum Gasteiger partial charge on any atom is 0.141 e. The van der Waals surface area contributed by atoms with Crippen LogP contribution in [-0.2, 0) is 4.74 Å². The van der Waals surface area contributed by atoms with E-state index in [4.69, 9.17) is 4.74 Å². The molecule has 1 saturated heterocycles. The van der Waals surface area contributed by atoms with Crippen LogP contribution in [-0.4, -0.2) is 51.8 Å². The quantitative estimate of drug-likeness (QED) is 0.821. The Balaban J connectivity index is 1.86. The van der Waals surface area contributed by atoms with Crippen LogP contribution in [0.5, 0.6) is 0 Å². The van der Waals surface area contributed by atoms with Gasteiger partial charge in [-0.3, -0.25) is 0 Å². The molecular weight excluding hydrogens is 254 g/mol. The van der Waals surface area contributed by atoms with Crippen LogP contribution in [0.4, 0.5) is 0 Å². The van der Waals surface area contributed by atoms with Crippen molar-refractivity contribution in [3.8, 4) is 0 Å². The Morgan fingerprint density at radius 1 is 1.15 bits per heavy atom. The molecule has 1 aromatic rings. The van der Waals surface area contributed by atoms with Crippen molar-refractivity contribution in [2.45, 2.75) is 26.7 Å². The molecule has 2 heterocycles. The fourth-order valence-electron chi connectivity index (χ4n) is 2.85. The number of ether oxygens (including phenoxy) is 1. The monoisotopic (exact) mass is 275 g/mol. The summed E-state index contributed by atoms with van der Waals surface area (Å²) >= 11 is 0. The van der Waals surface area contributed by atoms with Crippen molar-refractivity contribution in [1.29, 1.82) is 0 Å². The highest BCUT2D eigenvalue weighted by molar-refractivity contribution is 5.96. The molecule has 1 aliphatic heterocycles. The van der Waals surface area contributed by atoms with Crippen molar-refractivity contribution in [1.82, 2.24) is 19.8 Å². The van der Waals surface area contributed by atoms with Crippen LogP contribution in [0, 0.1) is 5.41 Å². The van der Waals surface area contributed by atoms with Gasteiger partial charge in [-0.2, -0.15) is 5.10 Å². The lowest BCUT2D eigenvalue weighted by Crippen LogP contribution is -2.39. The summed E-state index contributed by atoms with van der Waals surface area (Å²) in [6, 6.07) is 0. The number of hydrogen-bond acceptors (Lipinski definition) is 5. The van der Waals surface area contributed by atoms with E-state index >= 15 is 0 Å². The van der Waals surface area contributed by atoms with E-state index in [9.17, 15) is 0 Å². The molecule has 0 N–H and O–H groups in total. The van der Waals surface area contributed by atoms with Crippen molar-refractivity contribution >= 4 is 5.71 Å². The van der Waals surface area contributed by atoms with E-state index in [0.717, 1.165) is 44.9 Å². The smallest absolute Gasteiger partial charge is 0.141 e. The maximum atomic E-state index is 5.43. The second-order valence-corrected chi connectivity index (χ2v) is 6.19. The summed E-state index contributed by atoms with van der Waals surface area (Å²) in [6.07, 6.45) is 7.53. The van der Waals surface area contributed by atoms with E-state index in [1.54, 1.807) is 17.3 Å². The van der Waals surface area contributed by atoms with Gasteiger partial charge in [0.2, 0.25) is 0 Å². The Labute approximate surface area is 119 Å². The Kier molecular flexibility index (Phi) is 3.56.